The molecular weight excluding hydrogens is 324 g/mol. The molecule has 0 amide bonds. The predicted molar refractivity (Wildman–Crippen MR) is 93.6 cm³/mol. The van der Waals surface area contributed by atoms with E-state index in [0.717, 1.165) is 11.3 Å². The molecule has 0 saturated carbocycles. The third kappa shape index (κ3) is 3.54. The highest BCUT2D eigenvalue weighted by atomic mass is 32.2. The molecule has 0 bridgehead atoms. The molecule has 0 aliphatic heterocycles. The average Bonchev–Trinajstić information content (AvgIpc) is 3.09. The van der Waals surface area contributed by atoms with Crippen LogP contribution < -0.4 is 9.47 Å². The van der Waals surface area contributed by atoms with Gasteiger partial charge in [0.15, 0.2) is 11.5 Å². The minimum Gasteiger partial charge on any atom is -0.493 e. The lowest BCUT2D eigenvalue weighted by atomic mass is 10.1. The second-order valence-corrected chi connectivity index (χ2v) is 6.08. The van der Waals surface area contributed by atoms with E-state index in [-0.39, 0.29) is 0 Å². The van der Waals surface area contributed by atoms with Crippen LogP contribution in [0, 0.1) is 6.92 Å². The number of nitrogens with zero attached hydrogens (tertiary/aromatic N) is 2. The Labute approximate surface area is 145 Å². The van der Waals surface area contributed by atoms with Crippen LogP contribution in [-0.4, -0.2) is 24.4 Å². The molecule has 0 fully saturated rings. The molecule has 3 rings (SSSR count). The lowest BCUT2D eigenvalue weighted by Gasteiger charge is -2.07. The lowest BCUT2D eigenvalue weighted by Crippen LogP contribution is -1.90. The summed E-state index contributed by atoms with van der Waals surface area (Å²) in [5.41, 5.74) is 3.31. The summed E-state index contributed by atoms with van der Waals surface area (Å²) in [6.07, 6.45) is 0. The summed E-state index contributed by atoms with van der Waals surface area (Å²) < 4.78 is 16.3. The van der Waals surface area contributed by atoms with Gasteiger partial charge >= 0.3 is 0 Å². The van der Waals surface area contributed by atoms with E-state index in [4.69, 9.17) is 13.9 Å². The van der Waals surface area contributed by atoms with Gasteiger partial charge in [0.1, 0.15) is 0 Å². The number of rotatable bonds is 6. The molecule has 24 heavy (non-hydrogen) atoms. The Kier molecular flexibility index (Phi) is 5.05. The van der Waals surface area contributed by atoms with Crippen molar-refractivity contribution in [3.8, 4) is 23.0 Å². The van der Waals surface area contributed by atoms with Gasteiger partial charge in [0.25, 0.3) is 5.22 Å². The fourth-order valence-electron chi connectivity index (χ4n) is 2.27. The number of ether oxygens (including phenoxy) is 2. The van der Waals surface area contributed by atoms with Gasteiger partial charge in [0.05, 0.1) is 14.2 Å². The zero-order valence-corrected chi connectivity index (χ0v) is 14.6. The summed E-state index contributed by atoms with van der Waals surface area (Å²) in [7, 11) is 3.20. The number of hydrogen-bond acceptors (Lipinski definition) is 6. The number of thioether (sulfide) groups is 1. The van der Waals surface area contributed by atoms with E-state index < -0.39 is 0 Å². The SMILES string of the molecule is COc1ccc(-c2nnc(SCc3ccccc3C)o2)cc1OC. The zero-order valence-electron chi connectivity index (χ0n) is 13.8. The molecule has 0 saturated heterocycles. The molecule has 0 aliphatic rings. The largest absolute Gasteiger partial charge is 0.493 e. The summed E-state index contributed by atoms with van der Waals surface area (Å²) in [6.45, 7) is 2.10. The van der Waals surface area contributed by atoms with Crippen molar-refractivity contribution in [3.63, 3.8) is 0 Å². The fraction of sp³-hybridized carbons (Fsp3) is 0.222. The number of hydrogen-bond donors (Lipinski definition) is 0. The molecule has 0 spiro atoms. The van der Waals surface area contributed by atoms with E-state index in [0.29, 0.717) is 22.6 Å². The van der Waals surface area contributed by atoms with Crippen LogP contribution in [0.1, 0.15) is 11.1 Å². The highest BCUT2D eigenvalue weighted by Gasteiger charge is 2.13. The van der Waals surface area contributed by atoms with Gasteiger partial charge < -0.3 is 13.9 Å². The summed E-state index contributed by atoms with van der Waals surface area (Å²) in [5.74, 6) is 2.54. The predicted octanol–water partition coefficient (Wildman–Crippen LogP) is 4.35. The molecule has 0 aliphatic carbocycles. The van der Waals surface area contributed by atoms with Crippen molar-refractivity contribution in [2.24, 2.45) is 0 Å². The first-order valence-corrected chi connectivity index (χ1v) is 8.43. The molecule has 6 heteroatoms. The minimum absolute atomic E-state index is 0.461. The maximum Gasteiger partial charge on any atom is 0.277 e. The first kappa shape index (κ1) is 16.4. The molecule has 0 unspecified atom stereocenters. The van der Waals surface area contributed by atoms with E-state index in [1.807, 2.05) is 30.3 Å². The standard InChI is InChI=1S/C18H18N2O3S/c1-12-6-4-5-7-14(12)11-24-18-20-19-17(23-18)13-8-9-15(21-2)16(10-13)22-3/h4-10H,11H2,1-3H3. The van der Waals surface area contributed by atoms with E-state index in [9.17, 15) is 0 Å². The van der Waals surface area contributed by atoms with Gasteiger partial charge in [-0.2, -0.15) is 0 Å². The van der Waals surface area contributed by atoms with Crippen molar-refractivity contribution in [3.05, 3.63) is 53.6 Å². The van der Waals surface area contributed by atoms with Crippen molar-refractivity contribution >= 4 is 11.8 Å². The van der Waals surface area contributed by atoms with Crippen LogP contribution in [0.4, 0.5) is 0 Å². The number of aromatic nitrogens is 2. The van der Waals surface area contributed by atoms with Crippen molar-refractivity contribution in [2.45, 2.75) is 17.9 Å². The van der Waals surface area contributed by atoms with E-state index in [2.05, 4.69) is 29.3 Å². The lowest BCUT2D eigenvalue weighted by molar-refractivity contribution is 0.355. The Hall–Kier alpha value is -2.47. The van der Waals surface area contributed by atoms with Gasteiger partial charge in [0.2, 0.25) is 5.89 Å². The summed E-state index contributed by atoms with van der Waals surface area (Å²) in [5, 5.41) is 8.77. The van der Waals surface area contributed by atoms with Crippen molar-refractivity contribution < 1.29 is 13.9 Å². The van der Waals surface area contributed by atoms with Gasteiger partial charge in [-0.25, -0.2) is 0 Å². The molecule has 124 valence electrons. The van der Waals surface area contributed by atoms with Gasteiger partial charge in [-0.15, -0.1) is 10.2 Å². The smallest absolute Gasteiger partial charge is 0.277 e. The molecule has 1 heterocycles. The summed E-state index contributed by atoms with van der Waals surface area (Å²) in [6, 6.07) is 13.8. The Bertz CT molecular complexity index is 833. The quantitative estimate of drug-likeness (QED) is 0.621. The van der Waals surface area contributed by atoms with Crippen molar-refractivity contribution in [2.75, 3.05) is 14.2 Å². The maximum absolute atomic E-state index is 5.75. The first-order chi connectivity index (χ1) is 11.7. The zero-order chi connectivity index (χ0) is 16.9. The van der Waals surface area contributed by atoms with E-state index >= 15 is 0 Å². The number of aryl methyl sites for hydroxylation is 1. The highest BCUT2D eigenvalue weighted by molar-refractivity contribution is 7.98. The Morgan fingerprint density at radius 1 is 1.00 bits per heavy atom. The van der Waals surface area contributed by atoms with Gasteiger partial charge in [-0.1, -0.05) is 36.0 Å². The van der Waals surface area contributed by atoms with Crippen LogP contribution in [0.2, 0.25) is 0 Å². The maximum atomic E-state index is 5.75. The summed E-state index contributed by atoms with van der Waals surface area (Å²) in [4.78, 5) is 0. The van der Waals surface area contributed by atoms with Gasteiger partial charge in [-0.3, -0.25) is 0 Å². The second-order valence-electron chi connectivity index (χ2n) is 5.16. The molecule has 2 aromatic carbocycles. The Morgan fingerprint density at radius 2 is 1.79 bits per heavy atom. The molecular formula is C18H18N2O3S. The topological polar surface area (TPSA) is 57.4 Å². The van der Waals surface area contributed by atoms with Crippen molar-refractivity contribution in [1.82, 2.24) is 10.2 Å². The van der Waals surface area contributed by atoms with Crippen LogP contribution in [0.5, 0.6) is 11.5 Å². The van der Waals surface area contributed by atoms with Crippen LogP contribution in [0.15, 0.2) is 52.1 Å². The third-order valence-electron chi connectivity index (χ3n) is 3.65. The van der Waals surface area contributed by atoms with Crippen LogP contribution in [-0.2, 0) is 5.75 Å². The highest BCUT2D eigenvalue weighted by Crippen LogP contribution is 2.33. The van der Waals surface area contributed by atoms with Crippen LogP contribution >= 0.6 is 11.8 Å². The molecule has 0 N–H and O–H groups in total. The molecule has 3 aromatic rings. The fourth-order valence-corrected chi connectivity index (χ4v) is 3.10. The monoisotopic (exact) mass is 342 g/mol. The molecule has 1 aromatic heterocycles. The van der Waals surface area contributed by atoms with Crippen LogP contribution in [0.3, 0.4) is 0 Å². The van der Waals surface area contributed by atoms with Crippen molar-refractivity contribution in [1.29, 1.82) is 0 Å². The van der Waals surface area contributed by atoms with Gasteiger partial charge in [0, 0.05) is 11.3 Å². The minimum atomic E-state index is 0.461. The summed E-state index contributed by atoms with van der Waals surface area (Å²) >= 11 is 1.52. The molecule has 5 nitrogen and oxygen atoms in total. The Balaban J connectivity index is 1.75. The average molecular weight is 342 g/mol. The normalized spacial score (nSPS) is 10.6. The first-order valence-electron chi connectivity index (χ1n) is 7.44. The third-order valence-corrected chi connectivity index (χ3v) is 4.52. The molecule has 0 atom stereocenters. The number of methoxy groups -OCH3 is 2. The van der Waals surface area contributed by atoms with Gasteiger partial charge in [-0.05, 0) is 36.2 Å². The van der Waals surface area contributed by atoms with E-state index in [1.165, 1.54) is 22.9 Å². The van der Waals surface area contributed by atoms with E-state index in [1.54, 1.807) is 14.2 Å². The van der Waals surface area contributed by atoms with Crippen LogP contribution in [0.25, 0.3) is 11.5 Å². The Morgan fingerprint density at radius 3 is 2.54 bits per heavy atom. The molecule has 0 radical (unpaired) electrons. The second kappa shape index (κ2) is 7.40. The number of benzene rings is 2.